The van der Waals surface area contributed by atoms with E-state index in [0.717, 1.165) is 10.5 Å². The van der Waals surface area contributed by atoms with E-state index in [1.54, 1.807) is 35.7 Å². The number of likely N-dealkylation sites (N-methyl/N-ethyl adjacent to an activating group) is 2. The van der Waals surface area contributed by atoms with E-state index in [4.69, 9.17) is 14.2 Å². The molecule has 3 heterocycles. The van der Waals surface area contributed by atoms with Crippen molar-refractivity contribution in [3.05, 3.63) is 48.0 Å². The molecule has 0 bridgehead atoms. The number of ether oxygens (including phenoxy) is 3. The molecule has 2 saturated heterocycles. The van der Waals surface area contributed by atoms with Crippen molar-refractivity contribution in [1.82, 2.24) is 46.0 Å². The molecular weight excluding hydrogens is 1000 g/mol. The van der Waals surface area contributed by atoms with Gasteiger partial charge in [0.2, 0.25) is 41.4 Å². The van der Waals surface area contributed by atoms with E-state index < -0.39 is 54.2 Å². The van der Waals surface area contributed by atoms with Gasteiger partial charge in [-0.2, -0.15) is 0 Å². The molecule has 0 unspecified atom stereocenters. The summed E-state index contributed by atoms with van der Waals surface area (Å²) in [7, 11) is 6.54. The average molecular weight is 1090 g/mol. The molecule has 4 N–H and O–H groups in total. The summed E-state index contributed by atoms with van der Waals surface area (Å²) < 4.78 is 17.6. The predicted octanol–water partition coefficient (Wildman–Crippen LogP) is 3.00. The Morgan fingerprint density at radius 2 is 1.40 bits per heavy atom. The zero-order valence-corrected chi connectivity index (χ0v) is 48.3. The minimum Gasteiger partial charge on any atom is -0.379 e. The summed E-state index contributed by atoms with van der Waals surface area (Å²) in [5.41, 5.74) is 5.78. The fourth-order valence-electron chi connectivity index (χ4n) is 10.9. The summed E-state index contributed by atoms with van der Waals surface area (Å²) in [4.78, 5) is 128. The van der Waals surface area contributed by atoms with Crippen LogP contribution < -0.4 is 21.5 Å². The van der Waals surface area contributed by atoms with Crippen molar-refractivity contribution in [1.29, 1.82) is 0 Å². The Morgan fingerprint density at radius 1 is 0.769 bits per heavy atom. The zero-order valence-electron chi connectivity index (χ0n) is 48.3. The molecule has 0 saturated carbocycles. The molecule has 0 radical (unpaired) electrons. The van der Waals surface area contributed by atoms with Gasteiger partial charge in [0.25, 0.3) is 11.8 Å². The summed E-state index contributed by atoms with van der Waals surface area (Å²) in [6.45, 7) is 16.2. The number of hydrazine groups is 1. The lowest BCUT2D eigenvalue weighted by Gasteiger charge is -2.41. The van der Waals surface area contributed by atoms with E-state index in [0.29, 0.717) is 90.8 Å². The average Bonchev–Trinajstić information content (AvgIpc) is 4.04. The van der Waals surface area contributed by atoms with Gasteiger partial charge in [-0.1, -0.05) is 91.6 Å². The van der Waals surface area contributed by atoms with Gasteiger partial charge in [-0.3, -0.25) is 63.8 Å². The largest absolute Gasteiger partial charge is 0.379 e. The molecule has 0 spiro atoms. The number of morpholine rings is 1. The maximum atomic E-state index is 14.7. The van der Waals surface area contributed by atoms with Crippen LogP contribution in [0.1, 0.15) is 118 Å². The maximum absolute atomic E-state index is 14.7. The van der Waals surface area contributed by atoms with E-state index in [-0.39, 0.29) is 90.8 Å². The third kappa shape index (κ3) is 18.7. The number of benzene rings is 1. The quantitative estimate of drug-likeness (QED) is 0.0476. The van der Waals surface area contributed by atoms with Crippen molar-refractivity contribution < 1.29 is 57.4 Å². The molecule has 9 atom stereocenters. The minimum atomic E-state index is -0.920. The van der Waals surface area contributed by atoms with Crippen LogP contribution in [0.2, 0.25) is 0 Å². The summed E-state index contributed by atoms with van der Waals surface area (Å²) in [5.74, 6) is -4.17. The molecular formula is C57H91N9O12. The van der Waals surface area contributed by atoms with Crippen LogP contribution in [-0.2, 0) is 63.8 Å². The van der Waals surface area contributed by atoms with Crippen molar-refractivity contribution in [2.24, 2.45) is 23.7 Å². The number of hydrogen-bond acceptors (Lipinski definition) is 13. The predicted molar refractivity (Wildman–Crippen MR) is 293 cm³/mol. The van der Waals surface area contributed by atoms with E-state index in [1.807, 2.05) is 76.8 Å². The number of carbonyl (C=O) groups is 9. The van der Waals surface area contributed by atoms with E-state index >= 15 is 0 Å². The Labute approximate surface area is 462 Å². The zero-order chi connectivity index (χ0) is 57.6. The highest BCUT2D eigenvalue weighted by Gasteiger charge is 2.44. The smallest absolute Gasteiger partial charge is 0.253 e. The van der Waals surface area contributed by atoms with Crippen molar-refractivity contribution in [3.8, 4) is 0 Å². The first-order valence-corrected chi connectivity index (χ1v) is 28.1. The number of likely N-dealkylation sites (tertiary alicyclic amines) is 1. The summed E-state index contributed by atoms with van der Waals surface area (Å²) in [6.07, 6.45) is 5.59. The standard InChI is InChI=1S/C57H91N9O12/c1-12-39(6)52(44(76-10)36-49(71)65-30-19-23-43(65)53(77-11)40(7)54(72)58-42(35-41-21-15-13-16-22-41)56(74)64-31-33-78-34-32-64)63(9)57(75)50(37(2)3)59-55(73)51(38(4)5)62(8)28-20-25-46(68)61-60-45(67)24-17-14-18-29-66-47(69)26-27-48(66)70/h13,15-16,21-22,26-27,37-40,42-44,50-53H,12,14,17-20,23-25,28-36H2,1-11H3,(H,58,72)(H,59,73)(H,60,67)(H,61,68)/t39-,40+,42-,43-,44+,50-,51-,52-,53+/m0/s1. The molecule has 1 aromatic carbocycles. The molecule has 21 heteroatoms. The van der Waals surface area contributed by atoms with Crippen LogP contribution in [0, 0.1) is 23.7 Å². The molecule has 3 aliphatic rings. The van der Waals surface area contributed by atoms with Gasteiger partial charge in [-0.25, -0.2) is 0 Å². The number of nitrogens with one attached hydrogen (secondary N) is 4. The number of amides is 9. The fraction of sp³-hybridized carbons (Fsp3) is 0.702. The topological polar surface area (TPSA) is 246 Å². The summed E-state index contributed by atoms with van der Waals surface area (Å²) in [5, 5.41) is 6.10. The first kappa shape index (κ1) is 64.8. The second-order valence-electron chi connectivity index (χ2n) is 21.8. The highest BCUT2D eigenvalue weighted by Crippen LogP contribution is 2.30. The second-order valence-corrected chi connectivity index (χ2v) is 21.8. The number of hydrogen-bond donors (Lipinski definition) is 4. The Hall–Kier alpha value is -5.77. The fourth-order valence-corrected chi connectivity index (χ4v) is 10.9. The highest BCUT2D eigenvalue weighted by atomic mass is 16.5. The van der Waals surface area contributed by atoms with Crippen molar-refractivity contribution in [2.45, 2.75) is 162 Å². The Morgan fingerprint density at radius 3 is 1.97 bits per heavy atom. The lowest BCUT2D eigenvalue weighted by atomic mass is 9.89. The van der Waals surface area contributed by atoms with Gasteiger partial charge in [0, 0.05) is 78.9 Å². The Kier molecular flexibility index (Phi) is 26.8. The van der Waals surface area contributed by atoms with Crippen LogP contribution in [-0.4, -0.2) is 194 Å². The highest BCUT2D eigenvalue weighted by molar-refractivity contribution is 6.12. The van der Waals surface area contributed by atoms with Crippen LogP contribution in [0.3, 0.4) is 0 Å². The third-order valence-electron chi connectivity index (χ3n) is 15.5. The van der Waals surface area contributed by atoms with E-state index in [9.17, 15) is 43.2 Å². The van der Waals surface area contributed by atoms with Gasteiger partial charge in [-0.15, -0.1) is 0 Å². The minimum absolute atomic E-state index is 0.0553. The van der Waals surface area contributed by atoms with Gasteiger partial charge < -0.3 is 39.5 Å². The van der Waals surface area contributed by atoms with Crippen LogP contribution in [0.5, 0.6) is 0 Å². The SMILES string of the molecule is CC[C@H](C)[C@@H]([C@@H](CC(=O)N1CCC[C@H]1[C@H](OC)[C@@H](C)C(=O)N[C@@H](Cc1ccccc1)C(=O)N1CCOCC1)OC)N(C)C(=O)[C@@H](NC(=O)[C@H](C(C)C)N(C)CCCC(=O)NNC(=O)CCCCCN1C(=O)C=CC1=O)C(C)C. The number of rotatable bonds is 31. The molecule has 78 heavy (non-hydrogen) atoms. The molecule has 2 fully saturated rings. The third-order valence-corrected chi connectivity index (χ3v) is 15.5. The Balaban J connectivity index is 1.34. The number of unbranched alkanes of at least 4 members (excludes halogenated alkanes) is 2. The van der Waals surface area contributed by atoms with Crippen LogP contribution >= 0.6 is 0 Å². The maximum Gasteiger partial charge on any atom is 0.253 e. The van der Waals surface area contributed by atoms with Crippen molar-refractivity contribution in [2.75, 3.05) is 74.3 Å². The molecule has 4 rings (SSSR count). The van der Waals surface area contributed by atoms with Crippen LogP contribution in [0.4, 0.5) is 0 Å². The van der Waals surface area contributed by atoms with Gasteiger partial charge >= 0.3 is 0 Å². The second kappa shape index (κ2) is 32.3. The molecule has 1 aromatic rings. The number of methoxy groups -OCH3 is 2. The molecule has 0 aliphatic carbocycles. The van der Waals surface area contributed by atoms with Gasteiger partial charge in [0.15, 0.2) is 0 Å². The molecule has 3 aliphatic heterocycles. The van der Waals surface area contributed by atoms with Crippen molar-refractivity contribution in [3.63, 3.8) is 0 Å². The number of nitrogens with zero attached hydrogens (tertiary/aromatic N) is 5. The molecule has 0 aromatic heterocycles. The van der Waals surface area contributed by atoms with Gasteiger partial charge in [-0.05, 0) is 69.0 Å². The first-order valence-electron chi connectivity index (χ1n) is 28.1. The Bertz CT molecular complexity index is 2170. The van der Waals surface area contributed by atoms with E-state index in [2.05, 4.69) is 21.5 Å². The van der Waals surface area contributed by atoms with Crippen LogP contribution in [0.25, 0.3) is 0 Å². The van der Waals surface area contributed by atoms with Gasteiger partial charge in [0.05, 0.1) is 55.9 Å². The monoisotopic (exact) mass is 1090 g/mol. The van der Waals surface area contributed by atoms with E-state index in [1.165, 1.54) is 26.4 Å². The molecule has 9 amide bonds. The summed E-state index contributed by atoms with van der Waals surface area (Å²) >= 11 is 0. The van der Waals surface area contributed by atoms with Crippen LogP contribution in [0.15, 0.2) is 42.5 Å². The normalized spacial score (nSPS) is 18.8. The first-order chi connectivity index (χ1) is 37.1. The molecule has 436 valence electrons. The number of imide groups is 1. The van der Waals surface area contributed by atoms with Crippen molar-refractivity contribution >= 4 is 53.2 Å². The lowest BCUT2D eigenvalue weighted by molar-refractivity contribution is -0.148. The molecule has 21 nitrogen and oxygen atoms in total. The van der Waals surface area contributed by atoms with Gasteiger partial charge in [0.1, 0.15) is 12.1 Å². The number of carbonyl (C=O) groups excluding carboxylic acids is 9. The summed E-state index contributed by atoms with van der Waals surface area (Å²) in [6, 6.07) is 6.16. The lowest BCUT2D eigenvalue weighted by Crippen LogP contribution is -2.60.